The lowest BCUT2D eigenvalue weighted by molar-refractivity contribution is -0.160. The number of nitrogens with zero attached hydrogens (tertiary/aromatic N) is 3. The second-order valence-corrected chi connectivity index (χ2v) is 8.35. The first-order valence-corrected chi connectivity index (χ1v) is 10.6. The number of aromatic nitrogens is 2. The molecule has 0 unspecified atom stereocenters. The van der Waals surface area contributed by atoms with Crippen LogP contribution in [0.4, 0.5) is 0 Å². The molecule has 34 heavy (non-hydrogen) atoms. The molecule has 10 heteroatoms. The summed E-state index contributed by atoms with van der Waals surface area (Å²) in [6.45, 7) is 1.10. The van der Waals surface area contributed by atoms with Gasteiger partial charge in [-0.3, -0.25) is 24.3 Å². The average molecular weight is 467 g/mol. The smallest absolute Gasteiger partial charge is 0.318 e. The molecule has 4 rings (SSSR count). The van der Waals surface area contributed by atoms with Crippen LogP contribution >= 0.6 is 0 Å². The van der Waals surface area contributed by atoms with E-state index in [1.165, 1.54) is 4.57 Å². The molecule has 0 spiro atoms. The van der Waals surface area contributed by atoms with Crippen LogP contribution < -0.4 is 15.0 Å². The van der Waals surface area contributed by atoms with Crippen molar-refractivity contribution in [2.45, 2.75) is 6.54 Å². The van der Waals surface area contributed by atoms with Gasteiger partial charge in [0.15, 0.2) is 5.92 Å². The van der Waals surface area contributed by atoms with E-state index >= 15 is 0 Å². The molecule has 3 aromatic rings. The zero-order valence-electron chi connectivity index (χ0n) is 19.0. The summed E-state index contributed by atoms with van der Waals surface area (Å²) in [7, 11) is 4.78. The van der Waals surface area contributed by atoms with E-state index in [4.69, 9.17) is 9.47 Å². The second kappa shape index (κ2) is 9.14. The molecule has 3 heterocycles. The number of hydrogen-bond acceptors (Lipinski definition) is 7. The lowest BCUT2D eigenvalue weighted by Crippen LogP contribution is -2.53. The van der Waals surface area contributed by atoms with Crippen molar-refractivity contribution >= 4 is 22.7 Å². The Labute approximate surface area is 195 Å². The Bertz CT molecular complexity index is 1290. The number of rotatable bonds is 8. The lowest BCUT2D eigenvalue weighted by Gasteiger charge is -2.41. The number of carboxylic acids is 2. The Morgan fingerprint density at radius 3 is 2.29 bits per heavy atom. The van der Waals surface area contributed by atoms with Gasteiger partial charge in [-0.05, 0) is 29.1 Å². The van der Waals surface area contributed by atoms with Crippen LogP contribution in [0.1, 0.15) is 5.56 Å². The zero-order valence-corrected chi connectivity index (χ0v) is 19.0. The van der Waals surface area contributed by atoms with E-state index in [0.717, 1.165) is 22.1 Å². The van der Waals surface area contributed by atoms with Gasteiger partial charge in [0.25, 0.3) is 5.56 Å². The van der Waals surface area contributed by atoms with Crippen molar-refractivity contribution in [3.05, 3.63) is 52.7 Å². The van der Waals surface area contributed by atoms with Crippen molar-refractivity contribution in [3.63, 3.8) is 0 Å². The van der Waals surface area contributed by atoms with Gasteiger partial charge in [-0.15, -0.1) is 0 Å². The van der Waals surface area contributed by atoms with E-state index in [0.29, 0.717) is 36.5 Å². The van der Waals surface area contributed by atoms with Crippen molar-refractivity contribution in [1.82, 2.24) is 14.5 Å². The maximum absolute atomic E-state index is 12.5. The van der Waals surface area contributed by atoms with E-state index < -0.39 is 23.8 Å². The molecule has 1 aliphatic rings. The molecule has 0 saturated carbocycles. The van der Waals surface area contributed by atoms with E-state index in [9.17, 15) is 24.6 Å². The van der Waals surface area contributed by atoms with E-state index in [1.54, 1.807) is 45.9 Å². The molecular weight excluding hydrogens is 442 g/mol. The predicted octanol–water partition coefficient (Wildman–Crippen LogP) is 1.83. The number of aliphatic carboxylic acids is 2. The lowest BCUT2D eigenvalue weighted by atomic mass is 9.85. The number of aryl methyl sites for hydroxylation is 1. The van der Waals surface area contributed by atoms with Gasteiger partial charge in [0.2, 0.25) is 0 Å². The first-order valence-electron chi connectivity index (χ1n) is 10.6. The van der Waals surface area contributed by atoms with Crippen LogP contribution in [0.15, 0.2) is 41.6 Å². The molecule has 0 aliphatic carbocycles. The van der Waals surface area contributed by atoms with E-state index in [1.807, 2.05) is 17.0 Å². The summed E-state index contributed by atoms with van der Waals surface area (Å²) < 4.78 is 12.8. The number of hydrogen-bond donors (Lipinski definition) is 2. The van der Waals surface area contributed by atoms with Gasteiger partial charge >= 0.3 is 11.9 Å². The maximum atomic E-state index is 12.5. The number of ether oxygens (including phenoxy) is 2. The number of pyridine rings is 2. The minimum Gasteiger partial charge on any atom is -0.496 e. The van der Waals surface area contributed by atoms with Gasteiger partial charge in [0, 0.05) is 56.8 Å². The Balaban J connectivity index is 1.68. The fraction of sp³-hybridized carbons (Fsp3) is 0.333. The van der Waals surface area contributed by atoms with Crippen LogP contribution in [0.2, 0.25) is 0 Å². The Kier molecular flexibility index (Phi) is 6.25. The van der Waals surface area contributed by atoms with E-state index in [2.05, 4.69) is 4.98 Å². The monoisotopic (exact) mass is 467 g/mol. The number of methoxy groups -OCH3 is 2. The van der Waals surface area contributed by atoms with Crippen molar-refractivity contribution in [1.29, 1.82) is 0 Å². The molecule has 0 radical (unpaired) electrons. The fourth-order valence-electron chi connectivity index (χ4n) is 4.52. The van der Waals surface area contributed by atoms with Crippen molar-refractivity contribution < 1.29 is 29.3 Å². The molecule has 10 nitrogen and oxygen atoms in total. The Hall–Kier alpha value is -3.92. The van der Waals surface area contributed by atoms with Crippen LogP contribution in [0.25, 0.3) is 21.9 Å². The SMILES string of the molecule is COc1cc(-c2cn(C)c(=O)c3cnccc23)cc(OC)c1CN1CC(C(C(=O)O)C(=O)O)C1. The summed E-state index contributed by atoms with van der Waals surface area (Å²) >= 11 is 0. The van der Waals surface area contributed by atoms with Gasteiger partial charge in [0.1, 0.15) is 11.5 Å². The van der Waals surface area contributed by atoms with Crippen LogP contribution in [0.5, 0.6) is 11.5 Å². The van der Waals surface area contributed by atoms with Gasteiger partial charge in [0.05, 0.1) is 25.2 Å². The molecule has 1 saturated heterocycles. The number of likely N-dealkylation sites (tertiary alicyclic amines) is 1. The molecule has 0 amide bonds. The highest BCUT2D eigenvalue weighted by molar-refractivity contribution is 5.96. The normalized spacial score (nSPS) is 14.2. The molecule has 0 atom stereocenters. The minimum atomic E-state index is -1.42. The first-order chi connectivity index (χ1) is 16.2. The number of fused-ring (bicyclic) bond motifs is 1. The van der Waals surface area contributed by atoms with Crippen molar-refractivity contribution in [3.8, 4) is 22.6 Å². The molecule has 1 aliphatic heterocycles. The van der Waals surface area contributed by atoms with Crippen molar-refractivity contribution in [2.24, 2.45) is 18.9 Å². The fourth-order valence-corrected chi connectivity index (χ4v) is 4.52. The van der Waals surface area contributed by atoms with Crippen LogP contribution in [-0.2, 0) is 23.2 Å². The summed E-state index contributed by atoms with van der Waals surface area (Å²) in [6.07, 6.45) is 4.94. The van der Waals surface area contributed by atoms with Gasteiger partial charge < -0.3 is 24.3 Å². The summed E-state index contributed by atoms with van der Waals surface area (Å²) in [5.74, 6) is -3.39. The third-order valence-corrected chi connectivity index (χ3v) is 6.27. The average Bonchev–Trinajstić information content (AvgIpc) is 2.79. The molecule has 0 bridgehead atoms. The van der Waals surface area contributed by atoms with Crippen LogP contribution in [0, 0.1) is 11.8 Å². The molecule has 2 N–H and O–H groups in total. The van der Waals surface area contributed by atoms with Crippen molar-refractivity contribution in [2.75, 3.05) is 27.3 Å². The predicted molar refractivity (Wildman–Crippen MR) is 123 cm³/mol. The van der Waals surface area contributed by atoms with Crippen LogP contribution in [-0.4, -0.2) is 63.9 Å². The third-order valence-electron chi connectivity index (χ3n) is 6.27. The molecule has 1 aromatic carbocycles. The quantitative estimate of drug-likeness (QED) is 0.476. The van der Waals surface area contributed by atoms with E-state index in [-0.39, 0.29) is 5.56 Å². The van der Waals surface area contributed by atoms with Gasteiger partial charge in [-0.25, -0.2) is 0 Å². The molecule has 178 valence electrons. The highest BCUT2D eigenvalue weighted by Gasteiger charge is 2.42. The second-order valence-electron chi connectivity index (χ2n) is 8.35. The minimum absolute atomic E-state index is 0.143. The number of benzene rings is 1. The Morgan fingerprint density at radius 1 is 1.12 bits per heavy atom. The molecule has 1 fully saturated rings. The topological polar surface area (TPSA) is 131 Å². The van der Waals surface area contributed by atoms with Crippen LogP contribution in [0.3, 0.4) is 0 Å². The highest BCUT2D eigenvalue weighted by atomic mass is 16.5. The number of carboxylic acid groups (broad SMARTS) is 2. The molecular formula is C24H25N3O7. The first kappa shape index (κ1) is 23.2. The van der Waals surface area contributed by atoms with Gasteiger partial charge in [-0.1, -0.05) is 0 Å². The summed E-state index contributed by atoms with van der Waals surface area (Å²) in [5.41, 5.74) is 2.24. The third kappa shape index (κ3) is 4.08. The molecule has 2 aromatic heterocycles. The standard InChI is InChI=1S/C24H25N3O7/c1-26-11-17(15-4-5-25-8-16(15)22(26)28)13-6-19(33-2)18(20(7-13)34-3)12-27-9-14(10-27)21(23(29)30)24(31)32/h4-8,11,14,21H,9-10,12H2,1-3H3,(H,29,30)(H,31,32). The van der Waals surface area contributed by atoms with Gasteiger partial charge in [-0.2, -0.15) is 0 Å². The summed E-state index contributed by atoms with van der Waals surface area (Å²) in [5, 5.41) is 19.7. The highest BCUT2D eigenvalue weighted by Crippen LogP contribution is 2.39. The summed E-state index contributed by atoms with van der Waals surface area (Å²) in [4.78, 5) is 41.1. The number of carbonyl (C=O) groups is 2. The Morgan fingerprint density at radius 2 is 1.74 bits per heavy atom. The maximum Gasteiger partial charge on any atom is 0.318 e. The summed E-state index contributed by atoms with van der Waals surface area (Å²) in [6, 6.07) is 5.53. The largest absolute Gasteiger partial charge is 0.496 e. The zero-order chi connectivity index (χ0) is 24.6.